The van der Waals surface area contributed by atoms with Crippen LogP contribution >= 0.6 is 0 Å². The van der Waals surface area contributed by atoms with Crippen molar-refractivity contribution in [2.45, 2.75) is 65.2 Å². The molecule has 2 aromatic carbocycles. The zero-order valence-electron chi connectivity index (χ0n) is 30.4. The van der Waals surface area contributed by atoms with Crippen molar-refractivity contribution in [3.63, 3.8) is 0 Å². The lowest BCUT2D eigenvalue weighted by atomic mass is 9.75. The predicted molar refractivity (Wildman–Crippen MR) is 191 cm³/mol. The molecule has 0 spiro atoms. The molecule has 0 radical (unpaired) electrons. The minimum Gasteiger partial charge on any atom is -0.463 e. The number of Topliss-reactive ketones (excluding diaryl/α,β-unsaturated/α-hetero) is 4. The Morgan fingerprint density at radius 1 is 0.556 bits per heavy atom. The molecule has 3 rings (SSSR count). The van der Waals surface area contributed by atoms with Crippen molar-refractivity contribution in [3.05, 3.63) is 84.0 Å². The molecule has 0 saturated heterocycles. The van der Waals surface area contributed by atoms with Gasteiger partial charge in [0, 0.05) is 35.1 Å². The Bertz CT molecular complexity index is 1620. The van der Waals surface area contributed by atoms with Gasteiger partial charge < -0.3 is 28.4 Å². The fourth-order valence-electron chi connectivity index (χ4n) is 5.60. The number of rotatable bonds is 20. The van der Waals surface area contributed by atoms with E-state index >= 15 is 0 Å². The normalized spacial score (nSPS) is 14.8. The molecule has 14 nitrogen and oxygen atoms in total. The smallest absolute Gasteiger partial charge is 0.463 e. The molecule has 0 N–H and O–H groups in total. The van der Waals surface area contributed by atoms with Crippen molar-refractivity contribution < 1.29 is 66.8 Å². The number of carbonyl (C=O) groups is 8. The summed E-state index contributed by atoms with van der Waals surface area (Å²) in [5, 5.41) is 0. The van der Waals surface area contributed by atoms with Crippen LogP contribution in [0.4, 0.5) is 9.59 Å². The fraction of sp³-hybridized carbons (Fsp3) is 0.400. The van der Waals surface area contributed by atoms with E-state index in [1.807, 2.05) is 0 Å². The van der Waals surface area contributed by atoms with Crippen LogP contribution in [0.1, 0.15) is 83.2 Å². The Hall–Kier alpha value is -5.92. The highest BCUT2D eigenvalue weighted by Gasteiger charge is 2.36. The van der Waals surface area contributed by atoms with E-state index in [2.05, 4.69) is 13.2 Å². The molecule has 0 aliphatic heterocycles. The third-order valence-electron chi connectivity index (χ3n) is 8.54. The number of unbranched alkanes of at least 4 members (excludes halogenated alkanes) is 2. The van der Waals surface area contributed by atoms with Crippen LogP contribution in [0.2, 0.25) is 0 Å². The highest BCUT2D eigenvalue weighted by molar-refractivity contribution is 6.45. The standard InChI is InChI=1S/C40H44O14/c1-5-33(41)49-19-7-9-21-51-39(47)53-29-15-17-31(25(3)23-29)37(45)35(43)27-11-13-28(14-12-27)36(44)38(46)32-18-16-30(24-26(32)4)54-40(48)52-22-10-8-20-50-34(42)6-2/h5-6,15-18,23-24,27-28H,1-2,7-14,19-22H2,3-4H3. The topological polar surface area (TPSA) is 192 Å². The van der Waals surface area contributed by atoms with Crippen LogP contribution in [0.15, 0.2) is 61.7 Å². The Morgan fingerprint density at radius 3 is 1.20 bits per heavy atom. The Kier molecular flexibility index (Phi) is 17.0. The van der Waals surface area contributed by atoms with E-state index in [1.165, 1.54) is 36.4 Å². The SMILES string of the molecule is C=CC(=O)OCCCCOC(=O)Oc1ccc(C(=O)C(=O)C2CCC(C(=O)C(=O)c3ccc(OC(=O)OCCCCOC(=O)C=C)cc3C)CC2)c(C)c1. The maximum atomic E-state index is 13.2. The highest BCUT2D eigenvalue weighted by atomic mass is 16.7. The minimum atomic E-state index is -0.952. The molecule has 14 heteroatoms. The molecule has 0 heterocycles. The fourth-order valence-corrected chi connectivity index (χ4v) is 5.60. The summed E-state index contributed by atoms with van der Waals surface area (Å²) in [6, 6.07) is 8.45. The molecule has 1 aliphatic rings. The molecule has 288 valence electrons. The molecular weight excluding hydrogens is 704 g/mol. The van der Waals surface area contributed by atoms with Crippen molar-refractivity contribution >= 4 is 47.4 Å². The number of benzene rings is 2. The predicted octanol–water partition coefficient (Wildman–Crippen LogP) is 6.36. The molecule has 1 saturated carbocycles. The van der Waals surface area contributed by atoms with Gasteiger partial charge in [-0.1, -0.05) is 13.2 Å². The van der Waals surface area contributed by atoms with E-state index in [0.29, 0.717) is 36.8 Å². The van der Waals surface area contributed by atoms with Gasteiger partial charge in [-0.2, -0.15) is 0 Å². The van der Waals surface area contributed by atoms with Gasteiger partial charge in [0.2, 0.25) is 23.1 Å². The molecule has 1 aliphatic carbocycles. The van der Waals surface area contributed by atoms with Gasteiger partial charge in [-0.3, -0.25) is 19.2 Å². The minimum absolute atomic E-state index is 0.0427. The molecule has 0 atom stereocenters. The second kappa shape index (κ2) is 21.6. The molecule has 1 fully saturated rings. The second-order valence-corrected chi connectivity index (χ2v) is 12.4. The van der Waals surface area contributed by atoms with Crippen molar-refractivity contribution in [3.8, 4) is 11.5 Å². The van der Waals surface area contributed by atoms with E-state index < -0.39 is 59.2 Å². The molecule has 0 bridgehead atoms. The van der Waals surface area contributed by atoms with Crippen molar-refractivity contribution in [1.82, 2.24) is 0 Å². The Morgan fingerprint density at radius 2 is 0.889 bits per heavy atom. The molecule has 0 aromatic heterocycles. The maximum Gasteiger partial charge on any atom is 0.513 e. The summed E-state index contributed by atoms with van der Waals surface area (Å²) >= 11 is 0. The van der Waals surface area contributed by atoms with E-state index in [9.17, 15) is 38.4 Å². The third-order valence-corrected chi connectivity index (χ3v) is 8.54. The summed E-state index contributed by atoms with van der Waals surface area (Å²) in [4.78, 5) is 98.8. The van der Waals surface area contributed by atoms with Gasteiger partial charge >= 0.3 is 24.2 Å². The first kappa shape index (κ1) is 42.5. The lowest BCUT2D eigenvalue weighted by Gasteiger charge is -2.26. The Labute approximate surface area is 312 Å². The molecular formula is C40H44O14. The van der Waals surface area contributed by atoms with E-state index in [1.54, 1.807) is 13.8 Å². The van der Waals surface area contributed by atoms with Gasteiger partial charge in [-0.15, -0.1) is 0 Å². The lowest BCUT2D eigenvalue weighted by Crippen LogP contribution is -2.33. The van der Waals surface area contributed by atoms with Gasteiger partial charge in [-0.05, 0) is 113 Å². The summed E-state index contributed by atoms with van der Waals surface area (Å²) in [5.41, 5.74) is 1.15. The molecule has 2 aromatic rings. The van der Waals surface area contributed by atoms with Gasteiger partial charge in [-0.25, -0.2) is 19.2 Å². The zero-order valence-corrected chi connectivity index (χ0v) is 30.4. The molecule has 54 heavy (non-hydrogen) atoms. The zero-order chi connectivity index (χ0) is 39.6. The van der Waals surface area contributed by atoms with Crippen LogP contribution in [-0.4, -0.2) is 73.8 Å². The van der Waals surface area contributed by atoms with Crippen LogP contribution in [0.25, 0.3) is 0 Å². The lowest BCUT2D eigenvalue weighted by molar-refractivity contribution is -0.138. The number of carbonyl (C=O) groups excluding carboxylic acids is 8. The van der Waals surface area contributed by atoms with Gasteiger partial charge in [0.1, 0.15) is 11.5 Å². The summed E-state index contributed by atoms with van der Waals surface area (Å²) < 4.78 is 30.0. The number of hydrogen-bond acceptors (Lipinski definition) is 14. The highest BCUT2D eigenvalue weighted by Crippen LogP contribution is 2.32. The quantitative estimate of drug-likeness (QED) is 0.0276. The van der Waals surface area contributed by atoms with E-state index in [4.69, 9.17) is 28.4 Å². The van der Waals surface area contributed by atoms with Gasteiger partial charge in [0.05, 0.1) is 26.4 Å². The van der Waals surface area contributed by atoms with Crippen LogP contribution in [0, 0.1) is 25.7 Å². The van der Waals surface area contributed by atoms with Crippen molar-refractivity contribution in [2.75, 3.05) is 26.4 Å². The second-order valence-electron chi connectivity index (χ2n) is 12.4. The Balaban J connectivity index is 1.43. The molecule has 0 amide bonds. The van der Waals surface area contributed by atoms with Gasteiger partial charge in [0.25, 0.3) is 0 Å². The van der Waals surface area contributed by atoms with E-state index in [0.717, 1.165) is 12.2 Å². The monoisotopic (exact) mass is 748 g/mol. The first-order chi connectivity index (χ1) is 25.8. The number of ketones is 4. The summed E-state index contributed by atoms with van der Waals surface area (Å²) in [5.74, 6) is -4.64. The number of esters is 2. The third kappa shape index (κ3) is 13.2. The maximum absolute atomic E-state index is 13.2. The van der Waals surface area contributed by atoms with Crippen LogP contribution in [0.3, 0.4) is 0 Å². The summed E-state index contributed by atoms with van der Waals surface area (Å²) in [6.45, 7) is 10.2. The number of aryl methyl sites for hydroxylation is 2. The molecule has 0 unspecified atom stereocenters. The van der Waals surface area contributed by atoms with Crippen molar-refractivity contribution in [2.24, 2.45) is 11.8 Å². The largest absolute Gasteiger partial charge is 0.513 e. The first-order valence-corrected chi connectivity index (χ1v) is 17.5. The summed E-state index contributed by atoms with van der Waals surface area (Å²) in [7, 11) is 0. The average Bonchev–Trinajstić information content (AvgIpc) is 3.16. The summed E-state index contributed by atoms with van der Waals surface area (Å²) in [6.07, 6.45) is 3.05. The average molecular weight is 749 g/mol. The number of ether oxygens (including phenoxy) is 6. The van der Waals surface area contributed by atoms with Gasteiger partial charge in [0.15, 0.2) is 0 Å². The van der Waals surface area contributed by atoms with Crippen LogP contribution in [-0.2, 0) is 38.1 Å². The van der Waals surface area contributed by atoms with Crippen LogP contribution in [0.5, 0.6) is 11.5 Å². The van der Waals surface area contributed by atoms with E-state index in [-0.39, 0.29) is 74.7 Å². The van der Waals surface area contributed by atoms with Crippen molar-refractivity contribution in [1.29, 1.82) is 0 Å². The number of hydrogen-bond donors (Lipinski definition) is 0. The first-order valence-electron chi connectivity index (χ1n) is 17.5. The van der Waals surface area contributed by atoms with Crippen LogP contribution < -0.4 is 9.47 Å².